The Morgan fingerprint density at radius 3 is 2.78 bits per heavy atom. The Balaban J connectivity index is 1.40. The van der Waals surface area contributed by atoms with Crippen LogP contribution < -0.4 is 15.6 Å². The smallest absolute Gasteiger partial charge is 0.257 e. The number of hydrogen-bond donors (Lipinski definition) is 2. The molecule has 4 heterocycles. The lowest BCUT2D eigenvalue weighted by molar-refractivity contribution is -0.125. The number of aromatic amines is 1. The molecule has 3 aromatic heterocycles. The first-order valence-electron chi connectivity index (χ1n) is 11.0. The van der Waals surface area contributed by atoms with Crippen molar-refractivity contribution in [1.82, 2.24) is 19.9 Å². The molecule has 0 aromatic carbocycles. The summed E-state index contributed by atoms with van der Waals surface area (Å²) in [6.45, 7) is 1.57. The summed E-state index contributed by atoms with van der Waals surface area (Å²) < 4.78 is 47.9. The van der Waals surface area contributed by atoms with Gasteiger partial charge in [-0.3, -0.25) is 14.5 Å². The molecule has 0 spiro atoms. The molecule has 0 radical (unpaired) electrons. The first-order valence-corrected chi connectivity index (χ1v) is 11.0. The van der Waals surface area contributed by atoms with E-state index in [1.165, 1.54) is 36.7 Å². The molecule has 3 aromatic rings. The Bertz CT molecular complexity index is 1340. The molecule has 1 fully saturated rings. The van der Waals surface area contributed by atoms with Crippen LogP contribution in [-0.2, 0) is 4.79 Å². The van der Waals surface area contributed by atoms with Gasteiger partial charge in [-0.05, 0) is 30.7 Å². The molecule has 0 saturated carbocycles. The average Bonchev–Trinajstić information content (AvgIpc) is 2.86. The zero-order valence-corrected chi connectivity index (χ0v) is 19.0. The van der Waals surface area contributed by atoms with Gasteiger partial charge in [0.05, 0.1) is 24.4 Å². The molecule has 1 aliphatic rings. The zero-order chi connectivity index (χ0) is 25.9. The molecular weight excluding hydrogens is 477 g/mol. The number of carbonyl (C=O) groups is 1. The fourth-order valence-electron chi connectivity index (χ4n) is 3.88. The Morgan fingerprint density at radius 2 is 2.11 bits per heavy atom. The lowest BCUT2D eigenvalue weighted by Gasteiger charge is -2.40. The Hall–Kier alpha value is -4.24. The van der Waals surface area contributed by atoms with Crippen LogP contribution in [0.1, 0.15) is 30.4 Å². The molecule has 186 valence electrons. The van der Waals surface area contributed by atoms with Gasteiger partial charge in [-0.15, -0.1) is 0 Å². The molecule has 12 heteroatoms. The monoisotopic (exact) mass is 498 g/mol. The van der Waals surface area contributed by atoms with Gasteiger partial charge in [0.25, 0.3) is 5.92 Å². The van der Waals surface area contributed by atoms with Crippen LogP contribution in [0, 0.1) is 17.1 Å². The maximum Gasteiger partial charge on any atom is 0.257 e. The molecule has 1 unspecified atom stereocenters. The fraction of sp³-hybridized carbons (Fsp3) is 0.292. The Labute approximate surface area is 203 Å². The summed E-state index contributed by atoms with van der Waals surface area (Å²) in [5.74, 6) is -4.95. The normalized spacial score (nSPS) is 18.1. The molecule has 2 N–H and O–H groups in total. The van der Waals surface area contributed by atoms with Crippen LogP contribution in [-0.4, -0.2) is 50.8 Å². The predicted octanol–water partition coefficient (Wildman–Crippen LogP) is 3.42. The van der Waals surface area contributed by atoms with Crippen molar-refractivity contribution in [3.63, 3.8) is 0 Å². The second-order valence-electron chi connectivity index (χ2n) is 8.31. The second kappa shape index (κ2) is 10.2. The van der Waals surface area contributed by atoms with Crippen molar-refractivity contribution in [1.29, 1.82) is 5.26 Å². The van der Waals surface area contributed by atoms with E-state index in [4.69, 9.17) is 10.00 Å². The number of nitriles is 1. The number of carbonyl (C=O) groups excluding carboxylic acids is 1. The van der Waals surface area contributed by atoms with Crippen LogP contribution in [0.25, 0.3) is 0 Å². The van der Waals surface area contributed by atoms with Crippen molar-refractivity contribution in [2.75, 3.05) is 18.4 Å². The van der Waals surface area contributed by atoms with Crippen LogP contribution in [0.2, 0.25) is 0 Å². The second-order valence-corrected chi connectivity index (χ2v) is 8.31. The van der Waals surface area contributed by atoms with Gasteiger partial charge in [-0.1, -0.05) is 6.07 Å². The fourth-order valence-corrected chi connectivity index (χ4v) is 3.88. The number of anilines is 1. The number of hydrogen-bond acceptors (Lipinski definition) is 7. The number of rotatable bonds is 6. The molecule has 0 bridgehead atoms. The molecule has 0 aliphatic carbocycles. The van der Waals surface area contributed by atoms with Gasteiger partial charge in [0.2, 0.25) is 17.3 Å². The summed E-state index contributed by atoms with van der Waals surface area (Å²) in [6, 6.07) is 7.56. The largest absolute Gasteiger partial charge is 0.436 e. The standard InChI is InChI=1S/C24H21F3N6O3/c1-14(33-7-6-24(26,27)19(13-33)15-2-5-21(34)30-10-15)22(35)32-20-4-3-18(12-29-20)36-23-16(9-28)8-17(25)11-31-23/h2-5,8,10-12,14,19H,6-7,13H2,1H3,(H,30,34)(H,29,32,35)/t14?,19-/m1/s1. The number of aromatic nitrogens is 3. The van der Waals surface area contributed by atoms with Gasteiger partial charge >= 0.3 is 0 Å². The van der Waals surface area contributed by atoms with Crippen LogP contribution in [0.15, 0.2) is 53.7 Å². The highest BCUT2D eigenvalue weighted by Gasteiger charge is 2.46. The number of pyridine rings is 3. The topological polar surface area (TPSA) is 124 Å². The third-order valence-corrected chi connectivity index (χ3v) is 5.94. The minimum atomic E-state index is -2.98. The summed E-state index contributed by atoms with van der Waals surface area (Å²) in [7, 11) is 0. The van der Waals surface area contributed by atoms with Crippen molar-refractivity contribution < 1.29 is 22.7 Å². The average molecular weight is 498 g/mol. The highest BCUT2D eigenvalue weighted by Crippen LogP contribution is 2.40. The number of H-pyrrole nitrogens is 1. The summed E-state index contributed by atoms with van der Waals surface area (Å²) in [5, 5.41) is 11.7. The van der Waals surface area contributed by atoms with Crippen molar-refractivity contribution in [2.45, 2.75) is 31.2 Å². The van der Waals surface area contributed by atoms with E-state index in [9.17, 15) is 22.8 Å². The molecule has 1 amide bonds. The van der Waals surface area contributed by atoms with Gasteiger partial charge < -0.3 is 15.0 Å². The number of halogens is 3. The van der Waals surface area contributed by atoms with E-state index >= 15 is 0 Å². The van der Waals surface area contributed by atoms with Gasteiger partial charge in [-0.25, -0.2) is 23.1 Å². The molecule has 1 aliphatic heterocycles. The van der Waals surface area contributed by atoms with E-state index < -0.39 is 36.0 Å². The Morgan fingerprint density at radius 1 is 1.31 bits per heavy atom. The minimum absolute atomic E-state index is 0.0214. The molecule has 36 heavy (non-hydrogen) atoms. The molecule has 9 nitrogen and oxygen atoms in total. The summed E-state index contributed by atoms with van der Waals surface area (Å²) >= 11 is 0. The number of nitrogens with zero attached hydrogens (tertiary/aromatic N) is 4. The Kier molecular flexibility index (Phi) is 7.03. The van der Waals surface area contributed by atoms with E-state index in [-0.39, 0.29) is 41.7 Å². The SMILES string of the molecule is CC(C(=O)Nc1ccc(Oc2ncc(F)cc2C#N)cn1)N1CCC(F)(F)[C@@H](c2ccc(=O)[nH]c2)C1. The van der Waals surface area contributed by atoms with Crippen LogP contribution in [0.3, 0.4) is 0 Å². The quantitative estimate of drug-likeness (QED) is 0.534. The number of likely N-dealkylation sites (tertiary alicyclic amines) is 1. The highest BCUT2D eigenvalue weighted by molar-refractivity contribution is 5.93. The van der Waals surface area contributed by atoms with E-state index in [0.717, 1.165) is 12.3 Å². The number of alkyl halides is 2. The first kappa shape index (κ1) is 24.9. The maximum absolute atomic E-state index is 14.6. The lowest BCUT2D eigenvalue weighted by Crippen LogP contribution is -2.52. The van der Waals surface area contributed by atoms with Crippen LogP contribution >= 0.6 is 0 Å². The predicted molar refractivity (Wildman–Crippen MR) is 122 cm³/mol. The lowest BCUT2D eigenvalue weighted by atomic mass is 9.87. The number of nitrogens with one attached hydrogen (secondary N) is 2. The highest BCUT2D eigenvalue weighted by atomic mass is 19.3. The molecule has 2 atom stereocenters. The van der Waals surface area contributed by atoms with Gasteiger partial charge in [0, 0.05) is 31.8 Å². The van der Waals surface area contributed by atoms with E-state index in [1.54, 1.807) is 17.9 Å². The zero-order valence-electron chi connectivity index (χ0n) is 19.0. The summed E-state index contributed by atoms with van der Waals surface area (Å²) in [6.07, 6.45) is 3.06. The van der Waals surface area contributed by atoms with E-state index in [0.29, 0.717) is 5.56 Å². The van der Waals surface area contributed by atoms with Crippen molar-refractivity contribution in [3.8, 4) is 17.7 Å². The number of piperidine rings is 1. The third-order valence-electron chi connectivity index (χ3n) is 5.94. The van der Waals surface area contributed by atoms with Crippen molar-refractivity contribution in [2.24, 2.45) is 0 Å². The molecule has 4 rings (SSSR count). The van der Waals surface area contributed by atoms with Gasteiger partial charge in [0.1, 0.15) is 29.0 Å². The van der Waals surface area contributed by atoms with E-state index in [2.05, 4.69) is 20.3 Å². The van der Waals surface area contributed by atoms with E-state index in [1.807, 2.05) is 0 Å². The minimum Gasteiger partial charge on any atom is -0.436 e. The number of ether oxygens (including phenoxy) is 1. The summed E-state index contributed by atoms with van der Waals surface area (Å²) in [5.41, 5.74) is -0.177. The summed E-state index contributed by atoms with van der Waals surface area (Å²) in [4.78, 5) is 36.0. The first-order chi connectivity index (χ1) is 17.2. The maximum atomic E-state index is 14.6. The van der Waals surface area contributed by atoms with Crippen LogP contribution in [0.5, 0.6) is 11.6 Å². The van der Waals surface area contributed by atoms with Gasteiger partial charge in [0.15, 0.2) is 0 Å². The van der Waals surface area contributed by atoms with Crippen LogP contribution in [0.4, 0.5) is 19.0 Å². The van der Waals surface area contributed by atoms with Crippen molar-refractivity contribution >= 4 is 11.7 Å². The molecule has 1 saturated heterocycles. The molecular formula is C24H21F3N6O3. The number of amides is 1. The van der Waals surface area contributed by atoms with Crippen molar-refractivity contribution in [3.05, 3.63) is 76.2 Å². The third kappa shape index (κ3) is 5.52. The van der Waals surface area contributed by atoms with Gasteiger partial charge in [-0.2, -0.15) is 5.26 Å².